The summed E-state index contributed by atoms with van der Waals surface area (Å²) in [5.74, 6) is -2.22. The molecule has 1 aromatic heterocycles. The van der Waals surface area contributed by atoms with Crippen molar-refractivity contribution in [2.45, 2.75) is 25.7 Å². The molecule has 0 N–H and O–H groups in total. The third-order valence-electron chi connectivity index (χ3n) is 5.77. The predicted octanol–water partition coefficient (Wildman–Crippen LogP) is 2.95. The maximum Gasteiger partial charge on any atom is 0.235 e. The molecule has 1 spiro atoms. The molecule has 3 heterocycles. The first-order chi connectivity index (χ1) is 13.5. The number of aromatic nitrogens is 1. The number of likely N-dealkylation sites (tertiary alicyclic amines) is 1. The fourth-order valence-electron chi connectivity index (χ4n) is 4.26. The van der Waals surface area contributed by atoms with Crippen LogP contribution in [0.4, 0.5) is 14.5 Å². The van der Waals surface area contributed by atoms with E-state index in [1.165, 1.54) is 12.1 Å². The second-order valence-corrected chi connectivity index (χ2v) is 7.51. The largest absolute Gasteiger partial charge is 0.341 e. The first-order valence-corrected chi connectivity index (χ1v) is 9.43. The number of rotatable bonds is 3. The van der Waals surface area contributed by atoms with Crippen molar-refractivity contribution in [3.63, 3.8) is 0 Å². The highest BCUT2D eigenvalue weighted by atomic mass is 19.2. The standard InChI is InChI=1S/C21H21F2N3O2/c22-17-6-1-4-15(19(17)23)12-18(27)25-10-3-7-21(14-25)8-11-26(20(21)28)16-5-2-9-24-13-16/h1-2,4-6,9,13H,3,7-8,10-12,14H2. The van der Waals surface area contributed by atoms with Crippen molar-refractivity contribution in [3.05, 3.63) is 59.9 Å². The number of piperidine rings is 1. The molecule has 2 aliphatic rings. The van der Waals surface area contributed by atoms with E-state index in [1.54, 1.807) is 28.3 Å². The topological polar surface area (TPSA) is 53.5 Å². The normalized spacial score (nSPS) is 22.1. The third kappa shape index (κ3) is 3.25. The molecule has 1 aromatic carbocycles. The summed E-state index contributed by atoms with van der Waals surface area (Å²) in [7, 11) is 0. The van der Waals surface area contributed by atoms with E-state index in [-0.39, 0.29) is 23.8 Å². The van der Waals surface area contributed by atoms with Crippen LogP contribution in [0.15, 0.2) is 42.7 Å². The molecule has 4 rings (SSSR count). The van der Waals surface area contributed by atoms with E-state index in [0.717, 1.165) is 18.2 Å². The van der Waals surface area contributed by atoms with Gasteiger partial charge in [0.05, 0.1) is 23.7 Å². The summed E-state index contributed by atoms with van der Waals surface area (Å²) in [4.78, 5) is 33.3. The van der Waals surface area contributed by atoms with Crippen LogP contribution in [0.5, 0.6) is 0 Å². The molecule has 1 unspecified atom stereocenters. The van der Waals surface area contributed by atoms with Gasteiger partial charge in [-0.25, -0.2) is 8.78 Å². The molecule has 7 heteroatoms. The van der Waals surface area contributed by atoms with Crippen molar-refractivity contribution in [1.82, 2.24) is 9.88 Å². The Kier molecular flexibility index (Phi) is 4.83. The molecule has 146 valence electrons. The van der Waals surface area contributed by atoms with E-state index >= 15 is 0 Å². The van der Waals surface area contributed by atoms with Crippen LogP contribution >= 0.6 is 0 Å². The fourth-order valence-corrected chi connectivity index (χ4v) is 4.26. The number of hydrogen-bond acceptors (Lipinski definition) is 3. The van der Waals surface area contributed by atoms with Gasteiger partial charge in [-0.15, -0.1) is 0 Å². The zero-order valence-corrected chi connectivity index (χ0v) is 15.4. The molecule has 0 saturated carbocycles. The first kappa shape index (κ1) is 18.5. The van der Waals surface area contributed by atoms with Crippen molar-refractivity contribution in [2.24, 2.45) is 5.41 Å². The molecule has 2 fully saturated rings. The van der Waals surface area contributed by atoms with Gasteiger partial charge < -0.3 is 9.80 Å². The molecular formula is C21H21F2N3O2. The van der Waals surface area contributed by atoms with Crippen molar-refractivity contribution in [2.75, 3.05) is 24.5 Å². The van der Waals surface area contributed by atoms with Gasteiger partial charge in [-0.05, 0) is 37.5 Å². The summed E-state index contributed by atoms with van der Waals surface area (Å²) in [6.07, 6.45) is 5.21. The van der Waals surface area contributed by atoms with E-state index in [0.29, 0.717) is 32.5 Å². The minimum atomic E-state index is -0.984. The summed E-state index contributed by atoms with van der Waals surface area (Å²) in [5.41, 5.74) is 0.193. The Labute approximate surface area is 162 Å². The predicted molar refractivity (Wildman–Crippen MR) is 99.5 cm³/mol. The lowest BCUT2D eigenvalue weighted by atomic mass is 9.78. The SMILES string of the molecule is O=C(Cc1cccc(F)c1F)N1CCCC2(CCN(c3cccnc3)C2=O)C1. The molecular weight excluding hydrogens is 364 g/mol. The average molecular weight is 385 g/mol. The molecule has 28 heavy (non-hydrogen) atoms. The van der Waals surface area contributed by atoms with Crippen LogP contribution in [0.1, 0.15) is 24.8 Å². The second kappa shape index (κ2) is 7.30. The van der Waals surface area contributed by atoms with Gasteiger partial charge >= 0.3 is 0 Å². The Morgan fingerprint density at radius 1 is 1.14 bits per heavy atom. The summed E-state index contributed by atoms with van der Waals surface area (Å²) < 4.78 is 27.3. The Bertz CT molecular complexity index is 906. The van der Waals surface area contributed by atoms with Gasteiger partial charge in [0.1, 0.15) is 0 Å². The van der Waals surface area contributed by atoms with Crippen LogP contribution in [0.25, 0.3) is 0 Å². The van der Waals surface area contributed by atoms with Crippen LogP contribution in [-0.4, -0.2) is 41.3 Å². The van der Waals surface area contributed by atoms with Crippen LogP contribution in [-0.2, 0) is 16.0 Å². The lowest BCUT2D eigenvalue weighted by Crippen LogP contribution is -2.50. The number of benzene rings is 1. The number of anilines is 1. The van der Waals surface area contributed by atoms with E-state index in [2.05, 4.69) is 4.98 Å². The van der Waals surface area contributed by atoms with Crippen molar-refractivity contribution in [1.29, 1.82) is 0 Å². The molecule has 2 saturated heterocycles. The summed E-state index contributed by atoms with van der Waals surface area (Å²) in [6, 6.07) is 7.48. The van der Waals surface area contributed by atoms with Crippen molar-refractivity contribution in [3.8, 4) is 0 Å². The minimum Gasteiger partial charge on any atom is -0.341 e. The average Bonchev–Trinajstić information content (AvgIpc) is 3.02. The number of amides is 2. The highest BCUT2D eigenvalue weighted by Gasteiger charge is 2.50. The summed E-state index contributed by atoms with van der Waals surface area (Å²) >= 11 is 0. The number of carbonyl (C=O) groups is 2. The summed E-state index contributed by atoms with van der Waals surface area (Å²) in [6.45, 7) is 1.43. The first-order valence-electron chi connectivity index (χ1n) is 9.43. The maximum atomic E-state index is 13.9. The van der Waals surface area contributed by atoms with Crippen LogP contribution in [0.3, 0.4) is 0 Å². The number of hydrogen-bond donors (Lipinski definition) is 0. The molecule has 1 atom stereocenters. The van der Waals surface area contributed by atoms with E-state index in [4.69, 9.17) is 0 Å². The lowest BCUT2D eigenvalue weighted by Gasteiger charge is -2.39. The van der Waals surface area contributed by atoms with Gasteiger partial charge in [0.2, 0.25) is 11.8 Å². The van der Waals surface area contributed by atoms with E-state index in [1.807, 2.05) is 6.07 Å². The summed E-state index contributed by atoms with van der Waals surface area (Å²) in [5, 5.41) is 0. The Morgan fingerprint density at radius 3 is 2.79 bits per heavy atom. The van der Waals surface area contributed by atoms with Gasteiger partial charge in [0.15, 0.2) is 11.6 Å². The van der Waals surface area contributed by atoms with Gasteiger partial charge in [0.25, 0.3) is 0 Å². The van der Waals surface area contributed by atoms with Gasteiger partial charge in [-0.1, -0.05) is 12.1 Å². The Morgan fingerprint density at radius 2 is 2.00 bits per heavy atom. The number of nitrogens with zero attached hydrogens (tertiary/aromatic N) is 3. The fraction of sp³-hybridized carbons (Fsp3) is 0.381. The van der Waals surface area contributed by atoms with Crippen molar-refractivity contribution < 1.29 is 18.4 Å². The molecule has 5 nitrogen and oxygen atoms in total. The van der Waals surface area contributed by atoms with Crippen LogP contribution < -0.4 is 4.90 Å². The monoisotopic (exact) mass is 385 g/mol. The molecule has 2 aliphatic heterocycles. The second-order valence-electron chi connectivity index (χ2n) is 7.51. The lowest BCUT2D eigenvalue weighted by molar-refractivity contribution is -0.138. The maximum absolute atomic E-state index is 13.9. The van der Waals surface area contributed by atoms with Crippen LogP contribution in [0.2, 0.25) is 0 Å². The van der Waals surface area contributed by atoms with Gasteiger partial charge in [0, 0.05) is 31.4 Å². The zero-order valence-electron chi connectivity index (χ0n) is 15.4. The Balaban J connectivity index is 1.49. The number of pyridine rings is 1. The van der Waals surface area contributed by atoms with E-state index in [9.17, 15) is 18.4 Å². The molecule has 0 aliphatic carbocycles. The Hall–Kier alpha value is -2.83. The number of halogens is 2. The smallest absolute Gasteiger partial charge is 0.235 e. The van der Waals surface area contributed by atoms with Gasteiger partial charge in [-0.2, -0.15) is 0 Å². The highest BCUT2D eigenvalue weighted by molar-refractivity contribution is 6.00. The molecule has 2 aromatic rings. The molecule has 2 amide bonds. The molecule has 0 radical (unpaired) electrons. The zero-order chi connectivity index (χ0) is 19.7. The third-order valence-corrected chi connectivity index (χ3v) is 5.77. The molecule has 0 bridgehead atoms. The minimum absolute atomic E-state index is 0.00920. The van der Waals surface area contributed by atoms with E-state index < -0.39 is 17.0 Å². The van der Waals surface area contributed by atoms with Crippen LogP contribution in [0, 0.1) is 17.0 Å². The quantitative estimate of drug-likeness (QED) is 0.816. The number of carbonyl (C=O) groups excluding carboxylic acids is 2. The van der Waals surface area contributed by atoms with Crippen molar-refractivity contribution >= 4 is 17.5 Å². The highest BCUT2D eigenvalue weighted by Crippen LogP contribution is 2.41. The van der Waals surface area contributed by atoms with Gasteiger partial charge in [-0.3, -0.25) is 14.6 Å².